The molecule has 92 valence electrons. The lowest BCUT2D eigenvalue weighted by atomic mass is 10.1. The van der Waals surface area contributed by atoms with Crippen molar-refractivity contribution in [3.63, 3.8) is 0 Å². The van der Waals surface area contributed by atoms with Crippen molar-refractivity contribution in [2.45, 2.75) is 6.92 Å². The minimum absolute atomic E-state index is 0.00278. The number of aryl methyl sites for hydroxylation is 1. The summed E-state index contributed by atoms with van der Waals surface area (Å²) in [6, 6.07) is 3.79. The van der Waals surface area contributed by atoms with Crippen LogP contribution in [0.25, 0.3) is 11.0 Å². The minimum atomic E-state index is -1.48. The van der Waals surface area contributed by atoms with Gasteiger partial charge in [-0.2, -0.15) is 0 Å². The third-order valence-corrected chi connectivity index (χ3v) is 2.50. The van der Waals surface area contributed by atoms with Crippen molar-refractivity contribution < 1.29 is 19.2 Å². The molecular weight excluding hydrogens is 242 g/mol. The van der Waals surface area contributed by atoms with Crippen LogP contribution in [-0.2, 0) is 0 Å². The zero-order valence-corrected chi connectivity index (χ0v) is 9.17. The molecule has 0 atom stereocenters. The first-order chi connectivity index (χ1) is 8.41. The second kappa shape index (κ2) is 3.95. The predicted molar refractivity (Wildman–Crippen MR) is 60.8 cm³/mol. The van der Waals surface area contributed by atoms with Crippen molar-refractivity contribution in [3.05, 3.63) is 49.9 Å². The van der Waals surface area contributed by atoms with E-state index in [0.717, 1.165) is 6.07 Å². The molecule has 0 aliphatic heterocycles. The van der Waals surface area contributed by atoms with E-state index < -0.39 is 22.1 Å². The highest BCUT2D eigenvalue weighted by molar-refractivity contribution is 5.95. The van der Waals surface area contributed by atoms with Gasteiger partial charge < -0.3 is 9.52 Å². The van der Waals surface area contributed by atoms with Gasteiger partial charge in [-0.25, -0.2) is 9.59 Å². The Labute approximate surface area is 99.4 Å². The Morgan fingerprint density at radius 1 is 1.44 bits per heavy atom. The van der Waals surface area contributed by atoms with Crippen LogP contribution in [0, 0.1) is 17.0 Å². The van der Waals surface area contributed by atoms with Crippen LogP contribution in [0.5, 0.6) is 0 Å². The Kier molecular flexibility index (Phi) is 2.59. The number of hydrogen-bond donors (Lipinski definition) is 1. The summed E-state index contributed by atoms with van der Waals surface area (Å²) in [4.78, 5) is 32.4. The number of nitrogens with zero attached hydrogens (tertiary/aromatic N) is 1. The smallest absolute Gasteiger partial charge is 0.351 e. The van der Waals surface area contributed by atoms with Crippen LogP contribution in [0.2, 0.25) is 0 Å². The van der Waals surface area contributed by atoms with E-state index >= 15 is 0 Å². The molecule has 0 aliphatic rings. The van der Waals surface area contributed by atoms with E-state index in [1.807, 2.05) is 0 Å². The Hall–Kier alpha value is -2.70. The summed E-state index contributed by atoms with van der Waals surface area (Å²) in [5, 5.41) is 19.7. The third-order valence-electron chi connectivity index (χ3n) is 2.50. The van der Waals surface area contributed by atoms with Gasteiger partial charge in [0.25, 0.3) is 5.69 Å². The highest BCUT2D eigenvalue weighted by Gasteiger charge is 2.20. The normalized spacial score (nSPS) is 10.5. The van der Waals surface area contributed by atoms with Gasteiger partial charge in [0.05, 0.1) is 10.3 Å². The number of nitro benzene ring substituents is 1. The van der Waals surface area contributed by atoms with Gasteiger partial charge in [0.15, 0.2) is 0 Å². The van der Waals surface area contributed by atoms with Gasteiger partial charge in [-0.3, -0.25) is 10.1 Å². The Morgan fingerprint density at radius 2 is 2.11 bits per heavy atom. The van der Waals surface area contributed by atoms with Crippen molar-refractivity contribution in [2.75, 3.05) is 0 Å². The molecule has 1 heterocycles. The average Bonchev–Trinajstić information content (AvgIpc) is 2.27. The molecule has 1 aromatic heterocycles. The number of hydrogen-bond acceptors (Lipinski definition) is 5. The molecule has 7 heteroatoms. The summed E-state index contributed by atoms with van der Waals surface area (Å²) in [5.74, 6) is -1.48. The first-order valence-corrected chi connectivity index (χ1v) is 4.87. The SMILES string of the molecule is Cc1ccc2oc(=O)c(C(=O)O)cc2c1[N+](=O)[O-]. The molecule has 0 spiro atoms. The zero-order valence-electron chi connectivity index (χ0n) is 9.17. The highest BCUT2D eigenvalue weighted by Crippen LogP contribution is 2.28. The van der Waals surface area contributed by atoms with Crippen molar-refractivity contribution in [3.8, 4) is 0 Å². The molecule has 18 heavy (non-hydrogen) atoms. The number of carbonyl (C=O) groups is 1. The molecule has 1 N–H and O–H groups in total. The van der Waals surface area contributed by atoms with Crippen molar-refractivity contribution in [1.82, 2.24) is 0 Å². The van der Waals surface area contributed by atoms with Crippen molar-refractivity contribution in [2.24, 2.45) is 0 Å². The minimum Gasteiger partial charge on any atom is -0.477 e. The molecule has 7 nitrogen and oxygen atoms in total. The monoisotopic (exact) mass is 249 g/mol. The molecule has 0 saturated carbocycles. The molecule has 1 aromatic carbocycles. The molecule has 2 rings (SSSR count). The second-order valence-corrected chi connectivity index (χ2v) is 3.65. The van der Waals surface area contributed by atoms with Crippen LogP contribution < -0.4 is 5.63 Å². The van der Waals surface area contributed by atoms with Crippen molar-refractivity contribution in [1.29, 1.82) is 0 Å². The average molecular weight is 249 g/mol. The van der Waals surface area contributed by atoms with Crippen LogP contribution in [0.3, 0.4) is 0 Å². The molecule has 0 fully saturated rings. The molecule has 2 aromatic rings. The third kappa shape index (κ3) is 1.71. The summed E-state index contributed by atoms with van der Waals surface area (Å²) in [5.41, 5.74) is -1.58. The summed E-state index contributed by atoms with van der Waals surface area (Å²) < 4.78 is 4.76. The van der Waals surface area contributed by atoms with E-state index in [1.54, 1.807) is 0 Å². The van der Waals surface area contributed by atoms with Gasteiger partial charge in [-0.15, -0.1) is 0 Å². The highest BCUT2D eigenvalue weighted by atomic mass is 16.6. The molecule has 0 aliphatic carbocycles. The first kappa shape index (κ1) is 11.8. The van der Waals surface area contributed by atoms with E-state index in [-0.39, 0.29) is 16.7 Å². The number of carboxylic acid groups (broad SMARTS) is 1. The quantitative estimate of drug-likeness (QED) is 0.492. The predicted octanol–water partition coefficient (Wildman–Crippen LogP) is 1.71. The van der Waals surface area contributed by atoms with Gasteiger partial charge in [0.2, 0.25) is 0 Å². The van der Waals surface area contributed by atoms with Gasteiger partial charge in [0.1, 0.15) is 11.1 Å². The molecular formula is C11H7NO6. The molecule has 0 saturated heterocycles. The van der Waals surface area contributed by atoms with Gasteiger partial charge >= 0.3 is 11.6 Å². The van der Waals surface area contributed by atoms with E-state index in [1.165, 1.54) is 19.1 Å². The Balaban J connectivity index is 2.96. The molecule has 0 radical (unpaired) electrons. The van der Waals surface area contributed by atoms with Gasteiger partial charge in [-0.1, -0.05) is 0 Å². The number of fused-ring (bicyclic) bond motifs is 1. The summed E-state index contributed by atoms with van der Waals surface area (Å²) in [6.07, 6.45) is 0. The maximum atomic E-state index is 11.3. The second-order valence-electron chi connectivity index (χ2n) is 3.65. The Bertz CT molecular complexity index is 730. The fourth-order valence-corrected chi connectivity index (χ4v) is 1.68. The standard InChI is InChI=1S/C11H7NO6/c1-5-2-3-8-6(9(5)12(16)17)4-7(10(13)14)11(15)18-8/h2-4H,1H3,(H,13,14). The largest absolute Gasteiger partial charge is 0.477 e. The van der Waals surface area contributed by atoms with E-state index in [0.29, 0.717) is 5.56 Å². The lowest BCUT2D eigenvalue weighted by molar-refractivity contribution is -0.383. The van der Waals surface area contributed by atoms with Crippen LogP contribution in [0.1, 0.15) is 15.9 Å². The summed E-state index contributed by atoms with van der Waals surface area (Å²) in [6.45, 7) is 1.52. The lowest BCUT2D eigenvalue weighted by Crippen LogP contribution is -2.13. The number of aromatic carboxylic acids is 1. The van der Waals surface area contributed by atoms with Gasteiger partial charge in [0, 0.05) is 5.56 Å². The summed E-state index contributed by atoms with van der Waals surface area (Å²) >= 11 is 0. The zero-order chi connectivity index (χ0) is 13.4. The number of rotatable bonds is 2. The molecule has 0 amide bonds. The molecule has 0 unspecified atom stereocenters. The van der Waals surface area contributed by atoms with Crippen LogP contribution in [-0.4, -0.2) is 16.0 Å². The Morgan fingerprint density at radius 3 is 2.67 bits per heavy atom. The number of nitro groups is 1. The van der Waals surface area contributed by atoms with Gasteiger partial charge in [-0.05, 0) is 25.1 Å². The lowest BCUT2D eigenvalue weighted by Gasteiger charge is -2.02. The van der Waals surface area contributed by atoms with Crippen LogP contribution >= 0.6 is 0 Å². The topological polar surface area (TPSA) is 111 Å². The van der Waals surface area contributed by atoms with Crippen LogP contribution in [0.4, 0.5) is 5.69 Å². The van der Waals surface area contributed by atoms with Crippen LogP contribution in [0.15, 0.2) is 27.4 Å². The fourth-order valence-electron chi connectivity index (χ4n) is 1.68. The van der Waals surface area contributed by atoms with E-state index in [4.69, 9.17) is 9.52 Å². The van der Waals surface area contributed by atoms with E-state index in [9.17, 15) is 19.7 Å². The maximum absolute atomic E-state index is 11.3. The van der Waals surface area contributed by atoms with E-state index in [2.05, 4.69) is 0 Å². The number of benzene rings is 1. The summed E-state index contributed by atoms with van der Waals surface area (Å²) in [7, 11) is 0. The fraction of sp³-hybridized carbons (Fsp3) is 0.0909. The number of carboxylic acids is 1. The van der Waals surface area contributed by atoms with Crippen molar-refractivity contribution >= 4 is 22.6 Å². The maximum Gasteiger partial charge on any atom is 0.351 e. The molecule has 0 bridgehead atoms. The first-order valence-electron chi connectivity index (χ1n) is 4.87.